The van der Waals surface area contributed by atoms with Gasteiger partial charge in [0, 0.05) is 19.6 Å². The maximum Gasteiger partial charge on any atom is 0.324 e. The lowest BCUT2D eigenvalue weighted by Crippen LogP contribution is -2.52. The van der Waals surface area contributed by atoms with Gasteiger partial charge in [0.1, 0.15) is 6.04 Å². The fourth-order valence-corrected chi connectivity index (χ4v) is 4.40. The Hall–Kier alpha value is -0.700. The van der Waals surface area contributed by atoms with Crippen LogP contribution >= 0.6 is 0 Å². The van der Waals surface area contributed by atoms with Gasteiger partial charge >= 0.3 is 5.97 Å². The number of hydrogen-bond donors (Lipinski definition) is 1. The summed E-state index contributed by atoms with van der Waals surface area (Å²) in [5, 5.41) is 9.87. The van der Waals surface area contributed by atoms with E-state index in [2.05, 4.69) is 0 Å². The summed E-state index contributed by atoms with van der Waals surface area (Å²) in [5.74, 6) is -0.502. The van der Waals surface area contributed by atoms with Gasteiger partial charge in [-0.2, -0.15) is 17.0 Å². The molecule has 0 radical (unpaired) electrons. The Kier molecular flexibility index (Phi) is 6.15. The zero-order valence-corrected chi connectivity index (χ0v) is 14.0. The molecule has 0 aromatic rings. The fourth-order valence-electron chi connectivity index (χ4n) is 2.43. The number of likely N-dealkylation sites (N-methyl/N-ethyl adjacent to an activating group) is 1. The highest BCUT2D eigenvalue weighted by molar-refractivity contribution is 7.86. The molecule has 0 saturated carbocycles. The van der Waals surface area contributed by atoms with Crippen molar-refractivity contribution in [3.05, 3.63) is 0 Å². The molecule has 0 aromatic carbocycles. The molecule has 0 bridgehead atoms. The standard InChI is InChI=1S/C13H26N2O5S/c1-5-14(10-13(3,4)17)21(18,19)15-9-7-8-11(15)12(16)20-6-2/h11,17H,5-10H2,1-4H3. The van der Waals surface area contributed by atoms with Crippen LogP contribution in [0.1, 0.15) is 40.5 Å². The first-order chi connectivity index (χ1) is 9.63. The number of esters is 1. The average Bonchev–Trinajstić information content (AvgIpc) is 2.84. The second-order valence-corrected chi connectivity index (χ2v) is 7.65. The highest BCUT2D eigenvalue weighted by Gasteiger charge is 2.42. The first-order valence-electron chi connectivity index (χ1n) is 7.29. The highest BCUT2D eigenvalue weighted by Crippen LogP contribution is 2.25. The number of ether oxygens (including phenoxy) is 1. The van der Waals surface area contributed by atoms with Crippen molar-refractivity contribution in [2.24, 2.45) is 0 Å². The molecular weight excluding hydrogens is 296 g/mol. The molecule has 1 atom stereocenters. The molecule has 1 heterocycles. The maximum atomic E-state index is 12.7. The molecule has 1 rings (SSSR count). The number of carbonyl (C=O) groups excluding carboxylic acids is 1. The molecule has 21 heavy (non-hydrogen) atoms. The normalized spacial score (nSPS) is 21.0. The number of aliphatic hydroxyl groups is 1. The number of rotatable bonds is 7. The lowest BCUT2D eigenvalue weighted by molar-refractivity contribution is -0.146. The lowest BCUT2D eigenvalue weighted by Gasteiger charge is -2.32. The van der Waals surface area contributed by atoms with E-state index in [0.717, 1.165) is 0 Å². The Morgan fingerprint density at radius 1 is 1.43 bits per heavy atom. The minimum Gasteiger partial charge on any atom is -0.465 e. The largest absolute Gasteiger partial charge is 0.465 e. The summed E-state index contributed by atoms with van der Waals surface area (Å²) < 4.78 is 32.7. The molecule has 1 aliphatic rings. The summed E-state index contributed by atoms with van der Waals surface area (Å²) in [7, 11) is -3.79. The van der Waals surface area contributed by atoms with Gasteiger partial charge in [-0.25, -0.2) is 0 Å². The van der Waals surface area contributed by atoms with Gasteiger partial charge in [-0.1, -0.05) is 6.92 Å². The summed E-state index contributed by atoms with van der Waals surface area (Å²) >= 11 is 0. The minimum atomic E-state index is -3.79. The molecule has 0 aromatic heterocycles. The van der Waals surface area contributed by atoms with Gasteiger partial charge in [-0.05, 0) is 33.6 Å². The smallest absolute Gasteiger partial charge is 0.324 e. The first kappa shape index (κ1) is 18.3. The predicted molar refractivity (Wildman–Crippen MR) is 78.8 cm³/mol. The van der Waals surface area contributed by atoms with Crippen molar-refractivity contribution in [1.29, 1.82) is 0 Å². The van der Waals surface area contributed by atoms with Crippen LogP contribution in [0.15, 0.2) is 0 Å². The van der Waals surface area contributed by atoms with Crippen LogP contribution in [0.5, 0.6) is 0 Å². The van der Waals surface area contributed by atoms with E-state index in [1.807, 2.05) is 0 Å². The summed E-state index contributed by atoms with van der Waals surface area (Å²) in [4.78, 5) is 11.9. The van der Waals surface area contributed by atoms with Crippen LogP contribution in [0, 0.1) is 0 Å². The Balaban J connectivity index is 2.96. The Morgan fingerprint density at radius 3 is 2.52 bits per heavy atom. The molecule has 1 aliphatic heterocycles. The molecule has 0 spiro atoms. The maximum absolute atomic E-state index is 12.7. The zero-order chi connectivity index (χ0) is 16.3. The molecule has 8 heteroatoms. The molecular formula is C13H26N2O5S. The van der Waals surface area contributed by atoms with Crippen molar-refractivity contribution in [2.75, 3.05) is 26.2 Å². The fraction of sp³-hybridized carbons (Fsp3) is 0.923. The Labute approximate surface area is 127 Å². The van der Waals surface area contributed by atoms with Crippen LogP contribution in [0.25, 0.3) is 0 Å². The molecule has 0 aliphatic carbocycles. The topological polar surface area (TPSA) is 87.2 Å². The highest BCUT2D eigenvalue weighted by atomic mass is 32.2. The van der Waals surface area contributed by atoms with Crippen LogP contribution in [0.3, 0.4) is 0 Å². The van der Waals surface area contributed by atoms with E-state index in [0.29, 0.717) is 19.4 Å². The lowest BCUT2D eigenvalue weighted by atomic mass is 10.1. The number of hydrogen-bond acceptors (Lipinski definition) is 5. The van der Waals surface area contributed by atoms with Gasteiger partial charge in [0.2, 0.25) is 0 Å². The van der Waals surface area contributed by atoms with E-state index in [4.69, 9.17) is 4.74 Å². The molecule has 0 amide bonds. The molecule has 7 nitrogen and oxygen atoms in total. The Bertz CT molecular complexity index is 458. The first-order valence-corrected chi connectivity index (χ1v) is 8.69. The summed E-state index contributed by atoms with van der Waals surface area (Å²) in [6.07, 6.45) is 1.10. The number of nitrogens with zero attached hydrogens (tertiary/aromatic N) is 2. The van der Waals surface area contributed by atoms with Crippen LogP contribution in [-0.4, -0.2) is 66.0 Å². The average molecular weight is 322 g/mol. The number of carbonyl (C=O) groups is 1. The molecule has 1 saturated heterocycles. The van der Waals surface area contributed by atoms with Crippen LogP contribution in [-0.2, 0) is 19.7 Å². The van der Waals surface area contributed by atoms with E-state index in [9.17, 15) is 18.3 Å². The van der Waals surface area contributed by atoms with Crippen molar-refractivity contribution in [3.63, 3.8) is 0 Å². The van der Waals surface area contributed by atoms with Crippen molar-refractivity contribution in [3.8, 4) is 0 Å². The zero-order valence-electron chi connectivity index (χ0n) is 13.2. The van der Waals surface area contributed by atoms with E-state index < -0.39 is 27.8 Å². The summed E-state index contributed by atoms with van der Waals surface area (Å²) in [6.45, 7) is 7.25. The molecule has 1 unspecified atom stereocenters. The van der Waals surface area contributed by atoms with Crippen LogP contribution < -0.4 is 0 Å². The van der Waals surface area contributed by atoms with Crippen LogP contribution in [0.2, 0.25) is 0 Å². The molecule has 124 valence electrons. The van der Waals surface area contributed by atoms with Gasteiger partial charge in [0.05, 0.1) is 12.2 Å². The van der Waals surface area contributed by atoms with Gasteiger partial charge in [0.15, 0.2) is 0 Å². The van der Waals surface area contributed by atoms with Crippen LogP contribution in [0.4, 0.5) is 0 Å². The molecule has 1 N–H and O–H groups in total. The Morgan fingerprint density at radius 2 is 2.05 bits per heavy atom. The third kappa shape index (κ3) is 4.64. The van der Waals surface area contributed by atoms with E-state index >= 15 is 0 Å². The predicted octanol–water partition coefficient (Wildman–Crippen LogP) is 0.352. The second-order valence-electron chi connectivity index (χ2n) is 5.77. The quantitative estimate of drug-likeness (QED) is 0.684. The third-order valence-electron chi connectivity index (χ3n) is 3.30. The van der Waals surface area contributed by atoms with E-state index in [1.165, 1.54) is 8.61 Å². The second kappa shape index (κ2) is 7.04. The summed E-state index contributed by atoms with van der Waals surface area (Å²) in [6, 6.07) is -0.759. The van der Waals surface area contributed by atoms with Crippen molar-refractivity contribution in [1.82, 2.24) is 8.61 Å². The van der Waals surface area contributed by atoms with Gasteiger partial charge in [-0.15, -0.1) is 0 Å². The SMILES string of the molecule is CCOC(=O)C1CCCN1S(=O)(=O)N(CC)CC(C)(C)O. The van der Waals surface area contributed by atoms with Gasteiger partial charge < -0.3 is 9.84 Å². The molecule has 1 fully saturated rings. The van der Waals surface area contributed by atoms with Gasteiger partial charge in [-0.3, -0.25) is 4.79 Å². The van der Waals surface area contributed by atoms with Gasteiger partial charge in [0.25, 0.3) is 10.2 Å². The minimum absolute atomic E-state index is 0.0160. The van der Waals surface area contributed by atoms with Crippen molar-refractivity contribution in [2.45, 2.75) is 52.2 Å². The van der Waals surface area contributed by atoms with E-state index in [1.54, 1.807) is 27.7 Å². The van der Waals surface area contributed by atoms with Crippen molar-refractivity contribution < 1.29 is 23.1 Å². The van der Waals surface area contributed by atoms with Crippen molar-refractivity contribution >= 4 is 16.2 Å². The monoisotopic (exact) mass is 322 g/mol. The van der Waals surface area contributed by atoms with E-state index in [-0.39, 0.29) is 19.7 Å². The third-order valence-corrected chi connectivity index (χ3v) is 5.37. The summed E-state index contributed by atoms with van der Waals surface area (Å²) in [5.41, 5.74) is -1.14.